The third-order valence-electron chi connectivity index (χ3n) is 3.81. The molecule has 1 aromatic carbocycles. The SMILES string of the molecule is Cc1ccc(F)cc1COCC1(N)CCCCC1. The van der Waals surface area contributed by atoms with E-state index in [1.807, 2.05) is 6.92 Å². The van der Waals surface area contributed by atoms with Crippen LogP contribution < -0.4 is 5.73 Å². The van der Waals surface area contributed by atoms with Crippen molar-refractivity contribution in [3.63, 3.8) is 0 Å². The first-order chi connectivity index (χ1) is 8.59. The number of halogens is 1. The summed E-state index contributed by atoms with van der Waals surface area (Å²) in [7, 11) is 0. The van der Waals surface area contributed by atoms with Gasteiger partial charge in [-0.25, -0.2) is 4.39 Å². The zero-order valence-electron chi connectivity index (χ0n) is 11.0. The predicted octanol–water partition coefficient (Wildman–Crippen LogP) is 3.31. The first kappa shape index (κ1) is 13.5. The Labute approximate surface area is 108 Å². The summed E-state index contributed by atoms with van der Waals surface area (Å²) >= 11 is 0. The molecular formula is C15H22FNO. The van der Waals surface area contributed by atoms with Gasteiger partial charge in [-0.05, 0) is 43.0 Å². The Bertz CT molecular complexity index is 399. The number of ether oxygens (including phenoxy) is 1. The Morgan fingerprint density at radius 1 is 1.28 bits per heavy atom. The van der Waals surface area contributed by atoms with Gasteiger partial charge >= 0.3 is 0 Å². The lowest BCUT2D eigenvalue weighted by atomic mass is 9.83. The van der Waals surface area contributed by atoms with Crippen molar-refractivity contribution in [2.45, 2.75) is 51.2 Å². The summed E-state index contributed by atoms with van der Waals surface area (Å²) in [5.74, 6) is -0.209. The van der Waals surface area contributed by atoms with Crippen LogP contribution in [0.25, 0.3) is 0 Å². The molecule has 0 radical (unpaired) electrons. The molecule has 3 heteroatoms. The van der Waals surface area contributed by atoms with E-state index < -0.39 is 0 Å². The van der Waals surface area contributed by atoms with Crippen molar-refractivity contribution in [1.82, 2.24) is 0 Å². The molecule has 0 aliphatic heterocycles. The maximum Gasteiger partial charge on any atom is 0.123 e. The van der Waals surface area contributed by atoms with Crippen LogP contribution in [0.2, 0.25) is 0 Å². The maximum absolute atomic E-state index is 13.1. The van der Waals surface area contributed by atoms with E-state index in [1.165, 1.54) is 25.3 Å². The average molecular weight is 251 g/mol. The molecule has 2 N–H and O–H groups in total. The van der Waals surface area contributed by atoms with Gasteiger partial charge in [-0.15, -0.1) is 0 Å². The second kappa shape index (κ2) is 5.81. The smallest absolute Gasteiger partial charge is 0.123 e. The van der Waals surface area contributed by atoms with Crippen molar-refractivity contribution in [3.8, 4) is 0 Å². The number of benzene rings is 1. The summed E-state index contributed by atoms with van der Waals surface area (Å²) in [5.41, 5.74) is 8.10. The minimum atomic E-state index is -0.209. The van der Waals surface area contributed by atoms with Gasteiger partial charge in [0.2, 0.25) is 0 Å². The van der Waals surface area contributed by atoms with Gasteiger partial charge in [0.15, 0.2) is 0 Å². The minimum absolute atomic E-state index is 0.167. The second-order valence-electron chi connectivity index (χ2n) is 5.49. The summed E-state index contributed by atoms with van der Waals surface area (Å²) in [6, 6.07) is 4.80. The topological polar surface area (TPSA) is 35.2 Å². The molecule has 2 nitrogen and oxygen atoms in total. The van der Waals surface area contributed by atoms with E-state index in [1.54, 1.807) is 12.1 Å². The van der Waals surface area contributed by atoms with Crippen molar-refractivity contribution < 1.29 is 9.13 Å². The molecule has 1 fully saturated rings. The average Bonchev–Trinajstić information content (AvgIpc) is 2.34. The summed E-state index contributed by atoms with van der Waals surface area (Å²) in [6.45, 7) is 2.99. The predicted molar refractivity (Wildman–Crippen MR) is 70.8 cm³/mol. The van der Waals surface area contributed by atoms with Crippen molar-refractivity contribution in [2.24, 2.45) is 5.73 Å². The minimum Gasteiger partial charge on any atom is -0.375 e. The maximum atomic E-state index is 13.1. The normalized spacial score (nSPS) is 18.8. The zero-order chi connectivity index (χ0) is 13.0. The fourth-order valence-electron chi connectivity index (χ4n) is 2.56. The standard InChI is InChI=1S/C15H22FNO/c1-12-5-6-14(16)9-13(12)10-18-11-15(17)7-3-2-4-8-15/h5-6,9H,2-4,7-8,10-11,17H2,1H3. The molecule has 1 aliphatic rings. The lowest BCUT2D eigenvalue weighted by molar-refractivity contribution is 0.0571. The number of hydrogen-bond donors (Lipinski definition) is 1. The van der Waals surface area contributed by atoms with Crippen LogP contribution in [0.1, 0.15) is 43.2 Å². The Morgan fingerprint density at radius 3 is 2.72 bits per heavy atom. The van der Waals surface area contributed by atoms with Crippen LogP contribution in [-0.4, -0.2) is 12.1 Å². The van der Waals surface area contributed by atoms with Gasteiger partial charge in [0.25, 0.3) is 0 Å². The van der Waals surface area contributed by atoms with Gasteiger partial charge in [0.05, 0.1) is 13.2 Å². The van der Waals surface area contributed by atoms with Crippen LogP contribution in [0, 0.1) is 12.7 Å². The fraction of sp³-hybridized carbons (Fsp3) is 0.600. The molecule has 0 bridgehead atoms. The first-order valence-electron chi connectivity index (χ1n) is 6.71. The number of aryl methyl sites for hydroxylation is 1. The summed E-state index contributed by atoms with van der Waals surface area (Å²) in [6.07, 6.45) is 5.74. The van der Waals surface area contributed by atoms with E-state index in [0.29, 0.717) is 13.2 Å². The van der Waals surface area contributed by atoms with Gasteiger partial charge in [-0.1, -0.05) is 25.3 Å². The summed E-state index contributed by atoms with van der Waals surface area (Å²) < 4.78 is 18.8. The molecule has 0 atom stereocenters. The third-order valence-corrected chi connectivity index (χ3v) is 3.81. The molecule has 0 saturated heterocycles. The van der Waals surface area contributed by atoms with Crippen molar-refractivity contribution in [2.75, 3.05) is 6.61 Å². The third kappa shape index (κ3) is 3.53. The number of rotatable bonds is 4. The zero-order valence-corrected chi connectivity index (χ0v) is 11.0. The quantitative estimate of drug-likeness (QED) is 0.891. The Morgan fingerprint density at radius 2 is 2.00 bits per heavy atom. The highest BCUT2D eigenvalue weighted by Gasteiger charge is 2.27. The van der Waals surface area contributed by atoms with Gasteiger partial charge in [0, 0.05) is 5.54 Å². The van der Waals surface area contributed by atoms with E-state index >= 15 is 0 Å². The Balaban J connectivity index is 1.86. The van der Waals surface area contributed by atoms with E-state index in [0.717, 1.165) is 24.0 Å². The Kier molecular flexibility index (Phi) is 4.36. The molecular weight excluding hydrogens is 229 g/mol. The highest BCUT2D eigenvalue weighted by atomic mass is 19.1. The molecule has 18 heavy (non-hydrogen) atoms. The molecule has 1 saturated carbocycles. The molecule has 0 spiro atoms. The molecule has 0 amide bonds. The molecule has 0 aromatic heterocycles. The highest BCUT2D eigenvalue weighted by molar-refractivity contribution is 5.25. The Hall–Kier alpha value is -0.930. The summed E-state index contributed by atoms with van der Waals surface area (Å²) in [5, 5.41) is 0. The van der Waals surface area contributed by atoms with E-state index in [2.05, 4.69) is 0 Å². The lowest BCUT2D eigenvalue weighted by Crippen LogP contribution is -2.46. The monoisotopic (exact) mass is 251 g/mol. The van der Waals surface area contributed by atoms with Crippen LogP contribution in [0.5, 0.6) is 0 Å². The lowest BCUT2D eigenvalue weighted by Gasteiger charge is -2.33. The van der Waals surface area contributed by atoms with Crippen molar-refractivity contribution >= 4 is 0 Å². The first-order valence-corrected chi connectivity index (χ1v) is 6.71. The van der Waals surface area contributed by atoms with Crippen LogP contribution in [0.4, 0.5) is 4.39 Å². The van der Waals surface area contributed by atoms with E-state index in [4.69, 9.17) is 10.5 Å². The van der Waals surface area contributed by atoms with Gasteiger partial charge in [-0.3, -0.25) is 0 Å². The molecule has 1 aliphatic carbocycles. The van der Waals surface area contributed by atoms with Gasteiger partial charge in [0.1, 0.15) is 5.82 Å². The van der Waals surface area contributed by atoms with Crippen LogP contribution in [-0.2, 0) is 11.3 Å². The van der Waals surface area contributed by atoms with E-state index in [-0.39, 0.29) is 11.4 Å². The van der Waals surface area contributed by atoms with Gasteiger partial charge in [-0.2, -0.15) is 0 Å². The number of hydrogen-bond acceptors (Lipinski definition) is 2. The van der Waals surface area contributed by atoms with E-state index in [9.17, 15) is 4.39 Å². The van der Waals surface area contributed by atoms with Crippen molar-refractivity contribution in [3.05, 3.63) is 35.1 Å². The largest absolute Gasteiger partial charge is 0.375 e. The fourth-order valence-corrected chi connectivity index (χ4v) is 2.56. The second-order valence-corrected chi connectivity index (χ2v) is 5.49. The van der Waals surface area contributed by atoms with Crippen molar-refractivity contribution in [1.29, 1.82) is 0 Å². The molecule has 2 rings (SSSR count). The molecule has 0 heterocycles. The summed E-state index contributed by atoms with van der Waals surface area (Å²) in [4.78, 5) is 0. The van der Waals surface area contributed by atoms with Crippen LogP contribution in [0.15, 0.2) is 18.2 Å². The highest BCUT2D eigenvalue weighted by Crippen LogP contribution is 2.26. The van der Waals surface area contributed by atoms with Crippen LogP contribution >= 0.6 is 0 Å². The number of nitrogens with two attached hydrogens (primary N) is 1. The molecule has 1 aromatic rings. The van der Waals surface area contributed by atoms with Crippen LogP contribution in [0.3, 0.4) is 0 Å². The van der Waals surface area contributed by atoms with Gasteiger partial charge < -0.3 is 10.5 Å². The molecule has 0 unspecified atom stereocenters. The molecule has 100 valence electrons.